The van der Waals surface area contributed by atoms with E-state index in [0.717, 1.165) is 23.1 Å². The van der Waals surface area contributed by atoms with Gasteiger partial charge < -0.3 is 18.9 Å². The van der Waals surface area contributed by atoms with Crippen LogP contribution in [0.5, 0.6) is 11.5 Å². The number of tetrazole rings is 1. The number of furan rings is 1. The van der Waals surface area contributed by atoms with E-state index >= 15 is 0 Å². The van der Waals surface area contributed by atoms with Gasteiger partial charge in [-0.25, -0.2) is 4.68 Å². The Hall–Kier alpha value is -4.51. The van der Waals surface area contributed by atoms with Crippen LogP contribution in [-0.4, -0.2) is 41.9 Å². The fourth-order valence-electron chi connectivity index (χ4n) is 4.83. The number of nitrogens with one attached hydrogen (secondary N) is 1. The first kappa shape index (κ1) is 24.8. The van der Waals surface area contributed by atoms with Crippen molar-refractivity contribution in [1.29, 1.82) is 0 Å². The molecule has 0 aliphatic carbocycles. The number of aromatic nitrogens is 6. The van der Waals surface area contributed by atoms with Crippen LogP contribution in [0, 0.1) is 0 Å². The van der Waals surface area contributed by atoms with E-state index in [1.165, 1.54) is 0 Å². The summed E-state index contributed by atoms with van der Waals surface area (Å²) in [6.07, 6.45) is 5.98. The van der Waals surface area contributed by atoms with E-state index in [-0.39, 0.29) is 12.4 Å². The lowest BCUT2D eigenvalue weighted by Crippen LogP contribution is -2.38. The maximum Gasteiger partial charge on any atom is 0.253 e. The molecule has 6 rings (SSSR count). The first-order valence-electron chi connectivity index (χ1n) is 12.8. The fraction of sp³-hybridized carbons (Fsp3) is 0.321. The number of ether oxygens (including phenoxy) is 2. The Morgan fingerprint density at radius 2 is 1.97 bits per heavy atom. The van der Waals surface area contributed by atoms with Crippen LogP contribution in [0.1, 0.15) is 55.9 Å². The summed E-state index contributed by atoms with van der Waals surface area (Å²) in [5, 5.41) is 13.7. The molecule has 0 amide bonds. The largest absolute Gasteiger partial charge is 0.468 e. The van der Waals surface area contributed by atoms with Gasteiger partial charge in [-0.05, 0) is 66.6 Å². The summed E-state index contributed by atoms with van der Waals surface area (Å²) in [5.74, 6) is 2.55. The molecule has 1 aliphatic heterocycles. The van der Waals surface area contributed by atoms with Crippen molar-refractivity contribution in [3.63, 3.8) is 0 Å². The van der Waals surface area contributed by atoms with E-state index in [4.69, 9.17) is 13.9 Å². The van der Waals surface area contributed by atoms with Crippen LogP contribution in [-0.2, 0) is 18.6 Å². The van der Waals surface area contributed by atoms with E-state index < -0.39 is 11.6 Å². The summed E-state index contributed by atoms with van der Waals surface area (Å²) < 4.78 is 18.7. The summed E-state index contributed by atoms with van der Waals surface area (Å²) in [7, 11) is 0. The zero-order chi connectivity index (χ0) is 27.0. The number of H-pyrrole nitrogens is 1. The zero-order valence-corrected chi connectivity index (χ0v) is 22.0. The Labute approximate surface area is 224 Å². The molecule has 200 valence electrons. The number of rotatable bonds is 9. The molecule has 4 aromatic heterocycles. The number of hydrogen-bond donors (Lipinski definition) is 1. The topological polar surface area (TPSA) is 124 Å². The molecular weight excluding hydrogens is 498 g/mol. The summed E-state index contributed by atoms with van der Waals surface area (Å²) in [5.41, 5.74) is 1.50. The van der Waals surface area contributed by atoms with Gasteiger partial charge in [-0.3, -0.25) is 14.7 Å². The van der Waals surface area contributed by atoms with Crippen molar-refractivity contribution in [2.75, 3.05) is 6.79 Å². The van der Waals surface area contributed by atoms with Crippen molar-refractivity contribution < 1.29 is 13.9 Å². The molecule has 0 fully saturated rings. The Morgan fingerprint density at radius 3 is 2.72 bits per heavy atom. The van der Waals surface area contributed by atoms with E-state index in [2.05, 4.69) is 51.2 Å². The molecular formula is C28H29N7O4. The van der Waals surface area contributed by atoms with Gasteiger partial charge in [0.1, 0.15) is 11.8 Å². The van der Waals surface area contributed by atoms with E-state index in [9.17, 15) is 4.79 Å². The van der Waals surface area contributed by atoms with Crippen LogP contribution in [0.25, 0.3) is 10.9 Å². The van der Waals surface area contributed by atoms with Gasteiger partial charge in [0.2, 0.25) is 6.79 Å². The lowest BCUT2D eigenvalue weighted by molar-refractivity contribution is 0.168. The van der Waals surface area contributed by atoms with E-state index in [0.29, 0.717) is 41.5 Å². The molecule has 1 aliphatic rings. The second-order valence-corrected chi connectivity index (χ2v) is 10.2. The van der Waals surface area contributed by atoms with Crippen LogP contribution in [0.3, 0.4) is 0 Å². The highest BCUT2D eigenvalue weighted by molar-refractivity contribution is 5.83. The van der Waals surface area contributed by atoms with E-state index in [1.54, 1.807) is 18.5 Å². The summed E-state index contributed by atoms with van der Waals surface area (Å²) in [6.45, 7) is 7.26. The Balaban J connectivity index is 1.56. The molecule has 1 aromatic carbocycles. The van der Waals surface area contributed by atoms with Crippen LogP contribution in [0.2, 0.25) is 0 Å². The molecule has 0 saturated heterocycles. The molecule has 0 bridgehead atoms. The van der Waals surface area contributed by atoms with Gasteiger partial charge in [-0.15, -0.1) is 5.10 Å². The summed E-state index contributed by atoms with van der Waals surface area (Å²) in [4.78, 5) is 23.3. The first-order valence-corrected chi connectivity index (χ1v) is 12.8. The van der Waals surface area contributed by atoms with E-state index in [1.807, 2.05) is 47.3 Å². The van der Waals surface area contributed by atoms with Gasteiger partial charge >= 0.3 is 0 Å². The van der Waals surface area contributed by atoms with Crippen molar-refractivity contribution in [3.05, 3.63) is 94.2 Å². The number of aromatic amines is 1. The third-order valence-corrected chi connectivity index (χ3v) is 7.25. The van der Waals surface area contributed by atoms with Gasteiger partial charge in [0, 0.05) is 36.0 Å². The molecule has 11 heteroatoms. The minimum absolute atomic E-state index is 0.147. The molecule has 5 heterocycles. The molecule has 39 heavy (non-hydrogen) atoms. The standard InChI is InChI=1S/C28H29N7O4/c1-4-28(2,3)35-26(31-32-33-35)25(34(16-20-8-6-10-37-20)15-18-7-5-9-29-14-18)21-11-19-12-23-24(39-17-38-23)13-22(19)30-27(21)36/h5-14,25H,4,15-17H2,1-3H3,(H,30,36)/t25-/m1/s1. The molecule has 0 unspecified atom stereocenters. The summed E-state index contributed by atoms with van der Waals surface area (Å²) >= 11 is 0. The van der Waals surface area contributed by atoms with Crippen LogP contribution >= 0.6 is 0 Å². The van der Waals surface area contributed by atoms with Gasteiger partial charge in [-0.1, -0.05) is 13.0 Å². The predicted molar refractivity (Wildman–Crippen MR) is 142 cm³/mol. The Morgan fingerprint density at radius 1 is 1.13 bits per heavy atom. The number of fused-ring (bicyclic) bond motifs is 2. The highest BCUT2D eigenvalue weighted by Gasteiger charge is 2.35. The number of nitrogens with zero attached hydrogens (tertiary/aromatic N) is 6. The van der Waals surface area contributed by atoms with Crippen LogP contribution < -0.4 is 15.0 Å². The first-order chi connectivity index (χ1) is 18.9. The zero-order valence-electron chi connectivity index (χ0n) is 22.0. The Kier molecular flexibility index (Phi) is 6.35. The number of pyridine rings is 2. The molecule has 0 spiro atoms. The lowest BCUT2D eigenvalue weighted by Gasteiger charge is -2.33. The third-order valence-electron chi connectivity index (χ3n) is 7.25. The molecule has 11 nitrogen and oxygen atoms in total. The molecule has 0 radical (unpaired) electrons. The maximum absolute atomic E-state index is 13.8. The maximum atomic E-state index is 13.8. The van der Waals surface area contributed by atoms with Crippen molar-refractivity contribution >= 4 is 10.9 Å². The average molecular weight is 528 g/mol. The number of hydrogen-bond acceptors (Lipinski definition) is 9. The normalized spacial score (nSPS) is 13.8. The lowest BCUT2D eigenvalue weighted by atomic mass is 9.98. The molecule has 1 atom stereocenters. The van der Waals surface area contributed by atoms with Crippen LogP contribution in [0.4, 0.5) is 0 Å². The van der Waals surface area contributed by atoms with Gasteiger partial charge in [0.15, 0.2) is 17.3 Å². The second kappa shape index (κ2) is 9.99. The second-order valence-electron chi connectivity index (χ2n) is 10.2. The molecule has 1 N–H and O–H groups in total. The quantitative estimate of drug-likeness (QED) is 0.301. The van der Waals surface area contributed by atoms with Crippen molar-refractivity contribution in [1.82, 2.24) is 35.1 Å². The van der Waals surface area contributed by atoms with Gasteiger partial charge in [-0.2, -0.15) is 0 Å². The molecule has 0 saturated carbocycles. The Bertz CT molecular complexity index is 1640. The third kappa shape index (κ3) is 4.76. The van der Waals surface area contributed by atoms with Crippen LogP contribution in [0.15, 0.2) is 70.3 Å². The minimum atomic E-state index is -0.616. The van der Waals surface area contributed by atoms with Crippen molar-refractivity contribution in [2.24, 2.45) is 0 Å². The smallest absolute Gasteiger partial charge is 0.253 e. The van der Waals surface area contributed by atoms with Gasteiger partial charge in [0.05, 0.1) is 23.9 Å². The predicted octanol–water partition coefficient (Wildman–Crippen LogP) is 4.17. The van der Waals surface area contributed by atoms with Gasteiger partial charge in [0.25, 0.3) is 5.56 Å². The van der Waals surface area contributed by atoms with Crippen molar-refractivity contribution in [3.8, 4) is 11.5 Å². The SMILES string of the molecule is CCC(C)(C)n1nnnc1[C@@H](c1cc2cc3c(cc2[nH]c1=O)OCO3)N(Cc1cccnc1)Cc1ccco1. The highest BCUT2D eigenvalue weighted by atomic mass is 16.7. The van der Waals surface area contributed by atoms with Crippen molar-refractivity contribution in [2.45, 2.75) is 51.9 Å². The minimum Gasteiger partial charge on any atom is -0.468 e. The average Bonchev–Trinajstić information content (AvgIpc) is 3.71. The summed E-state index contributed by atoms with van der Waals surface area (Å²) in [6, 6.07) is 12.6. The molecule has 5 aromatic rings. The number of benzene rings is 1. The highest BCUT2D eigenvalue weighted by Crippen LogP contribution is 2.37. The fourth-order valence-corrected chi connectivity index (χ4v) is 4.83. The monoisotopic (exact) mass is 527 g/mol.